The molecule has 11 atom stereocenters. The van der Waals surface area contributed by atoms with Crippen molar-refractivity contribution in [3.8, 4) is 0 Å². The van der Waals surface area contributed by atoms with Gasteiger partial charge in [-0.15, -0.1) is 0 Å². The van der Waals surface area contributed by atoms with Crippen molar-refractivity contribution in [2.45, 2.75) is 177 Å². The van der Waals surface area contributed by atoms with Gasteiger partial charge in [0.1, 0.15) is 0 Å². The Morgan fingerprint density at radius 3 is 1.58 bits per heavy atom. The first-order valence-corrected chi connectivity index (χ1v) is 33.0. The van der Waals surface area contributed by atoms with Crippen LogP contribution in [0.5, 0.6) is 0 Å². The maximum atomic E-state index is 14.7. The number of benzene rings is 4. The summed E-state index contributed by atoms with van der Waals surface area (Å²) < 4.78 is 5.55. The van der Waals surface area contributed by atoms with Crippen LogP contribution in [0.1, 0.15) is 176 Å². The molecule has 3 aliphatic carbocycles. The molecule has 2 saturated heterocycles. The fourth-order valence-corrected chi connectivity index (χ4v) is 15.7. The van der Waals surface area contributed by atoms with E-state index in [4.69, 9.17) is 4.74 Å². The third kappa shape index (κ3) is 17.9. The maximum absolute atomic E-state index is 14.7. The number of amides is 3. The average molecular weight is 1130 g/mol. The molecule has 10 heteroatoms. The number of hydrogen-bond donors (Lipinski definition) is 3. The highest BCUT2D eigenvalue weighted by Gasteiger charge is 2.43. The lowest BCUT2D eigenvalue weighted by molar-refractivity contribution is -0.131. The van der Waals surface area contributed by atoms with Crippen molar-refractivity contribution < 1.29 is 19.1 Å². The summed E-state index contributed by atoms with van der Waals surface area (Å²) in [5.74, 6) is 4.99. The highest BCUT2D eigenvalue weighted by molar-refractivity contribution is 5.80. The summed E-state index contributed by atoms with van der Waals surface area (Å²) in [7, 11) is 2.21. The van der Waals surface area contributed by atoms with Crippen molar-refractivity contribution >= 4 is 17.7 Å². The Kier molecular flexibility index (Phi) is 23.0. The normalized spacial score (nSPS) is 26.7. The number of nitrogens with one attached hydrogen (secondary N) is 3. The van der Waals surface area contributed by atoms with Crippen molar-refractivity contribution in [1.82, 2.24) is 30.7 Å². The van der Waals surface area contributed by atoms with Gasteiger partial charge in [0, 0.05) is 76.7 Å². The van der Waals surface area contributed by atoms with Crippen molar-refractivity contribution in [3.63, 3.8) is 0 Å². The van der Waals surface area contributed by atoms with Gasteiger partial charge in [-0.05, 0) is 175 Å². The highest BCUT2D eigenvalue weighted by Crippen LogP contribution is 2.49. The summed E-state index contributed by atoms with van der Waals surface area (Å²) in [5.41, 5.74) is 10.1. The minimum atomic E-state index is -0.0516. The van der Waals surface area contributed by atoms with Crippen molar-refractivity contribution in [1.29, 1.82) is 0 Å². The summed E-state index contributed by atoms with van der Waals surface area (Å²) in [5, 5.41) is 10.2. The Bertz CT molecular complexity index is 2640. The van der Waals surface area contributed by atoms with E-state index in [-0.39, 0.29) is 41.4 Å². The third-order valence-electron chi connectivity index (χ3n) is 20.9. The lowest BCUT2D eigenvalue weighted by Gasteiger charge is -2.43. The van der Waals surface area contributed by atoms with Gasteiger partial charge in [-0.25, -0.2) is 0 Å². The lowest BCUT2D eigenvalue weighted by atomic mass is 9.62. The largest absolute Gasteiger partial charge is 0.379 e. The maximum Gasteiger partial charge on any atom is 0.223 e. The summed E-state index contributed by atoms with van der Waals surface area (Å²) in [6.07, 6.45) is 13.2. The van der Waals surface area contributed by atoms with E-state index in [1.807, 2.05) is 0 Å². The van der Waals surface area contributed by atoms with Crippen LogP contribution in [0.25, 0.3) is 0 Å². The van der Waals surface area contributed by atoms with Gasteiger partial charge in [0.25, 0.3) is 0 Å². The Hall–Kier alpha value is -4.87. The molecule has 5 aliphatic rings. The van der Waals surface area contributed by atoms with Crippen LogP contribution in [-0.2, 0) is 64.9 Å². The van der Waals surface area contributed by atoms with Crippen LogP contribution >= 0.6 is 0 Å². The average Bonchev–Trinajstić information content (AvgIpc) is 4.19. The Morgan fingerprint density at radius 1 is 0.542 bits per heavy atom. The number of likely N-dealkylation sites (tertiary alicyclic amines) is 1. The molecule has 0 bridgehead atoms. The van der Waals surface area contributed by atoms with E-state index in [0.29, 0.717) is 72.9 Å². The van der Waals surface area contributed by atoms with Gasteiger partial charge in [0.15, 0.2) is 0 Å². The first-order chi connectivity index (χ1) is 40.1. The van der Waals surface area contributed by atoms with Crippen LogP contribution in [-0.4, -0.2) is 78.9 Å². The lowest BCUT2D eigenvalue weighted by Crippen LogP contribution is -2.43. The first kappa shape index (κ1) is 62.7. The van der Waals surface area contributed by atoms with Crippen molar-refractivity contribution in [3.05, 3.63) is 142 Å². The SMILES string of the molecule is CC(C)[C@@H]1CC[C@@H](C)C[C@H]1C(=O)NCc1ccc(CN(C)Cc2cccc(C3C[C@@H](C(C)CC[C@@H]4CC[C@@H](C(C)C)[C@H](C(=O)NCc5ccc(CN6CCOCC6)cc5)C4)[C@H](C(=O)NCc4ccc(CN5CCCC5)cc4)C[C@@H]3C)c2)cc1. The molecular formula is C73H106N6O4. The van der Waals surface area contributed by atoms with Crippen LogP contribution in [0, 0.1) is 71.0 Å². The molecule has 83 heavy (non-hydrogen) atoms. The van der Waals surface area contributed by atoms with Crippen LogP contribution in [0.3, 0.4) is 0 Å². The van der Waals surface area contributed by atoms with Gasteiger partial charge < -0.3 is 20.7 Å². The fourth-order valence-electron chi connectivity index (χ4n) is 15.7. The number of carbonyl (C=O) groups excluding carboxylic acids is 3. The number of ether oxygens (including phenoxy) is 1. The zero-order chi connectivity index (χ0) is 58.4. The molecule has 10 nitrogen and oxygen atoms in total. The molecule has 0 radical (unpaired) electrons. The predicted octanol–water partition coefficient (Wildman–Crippen LogP) is 13.6. The topological polar surface area (TPSA) is 106 Å². The summed E-state index contributed by atoms with van der Waals surface area (Å²) in [6.45, 7) is 27.5. The molecule has 2 heterocycles. The van der Waals surface area contributed by atoms with Gasteiger partial charge >= 0.3 is 0 Å². The number of nitrogens with zero attached hydrogens (tertiary/aromatic N) is 3. The smallest absolute Gasteiger partial charge is 0.223 e. The molecular weight excluding hydrogens is 1020 g/mol. The van der Waals surface area contributed by atoms with Gasteiger partial charge in [-0.2, -0.15) is 0 Å². The molecule has 0 spiro atoms. The second kappa shape index (κ2) is 30.5. The van der Waals surface area contributed by atoms with Crippen LogP contribution in [0.4, 0.5) is 0 Å². The van der Waals surface area contributed by atoms with Crippen molar-refractivity contribution in [2.75, 3.05) is 46.4 Å². The summed E-state index contributed by atoms with van der Waals surface area (Å²) in [6, 6.07) is 35.8. The molecule has 9 rings (SSSR count). The van der Waals surface area contributed by atoms with Crippen molar-refractivity contribution in [2.24, 2.45) is 71.0 Å². The number of hydrogen-bond acceptors (Lipinski definition) is 7. The number of rotatable bonds is 24. The number of morpholine rings is 1. The van der Waals surface area contributed by atoms with E-state index in [9.17, 15) is 14.4 Å². The van der Waals surface area contributed by atoms with E-state index in [1.54, 1.807) is 0 Å². The van der Waals surface area contributed by atoms with E-state index in [2.05, 4.69) is 183 Å². The van der Waals surface area contributed by atoms with Gasteiger partial charge in [-0.1, -0.05) is 171 Å². The molecule has 4 aromatic rings. The third-order valence-corrected chi connectivity index (χ3v) is 20.9. The van der Waals surface area contributed by atoms with Crippen LogP contribution < -0.4 is 16.0 Å². The molecule has 2 unspecified atom stereocenters. The zero-order valence-corrected chi connectivity index (χ0v) is 52.4. The molecule has 0 aromatic heterocycles. The number of carbonyl (C=O) groups is 3. The van der Waals surface area contributed by atoms with Crippen LogP contribution in [0.15, 0.2) is 97.1 Å². The molecule has 3 N–H and O–H groups in total. The second-order valence-electron chi connectivity index (χ2n) is 27.9. The molecule has 452 valence electrons. The quantitative estimate of drug-likeness (QED) is 0.0642. The standard InChI is InChI=1S/C73H106N6O4/c1-50(2)64-30-14-52(5)38-68(64)71(80)74-43-56-17-23-59(24-18-56)46-77(8)47-62-12-11-13-63(40-62)66-42-67(69(39-54(66)7)72(81)75-44-57-19-25-60(26-20-57)48-78-32-9-10-33-78)53(6)15-16-55-29-31-65(51(3)4)70(41-55)73(82)76-45-58-21-27-61(28-22-58)49-79-34-36-83-37-35-79/h11-13,17-28,40,50-55,64-70H,9-10,14-16,29-39,41-49H2,1-8H3,(H,74,80)(H,75,81)(H,76,82)/t52-,53?,54+,55-,64+,65+,66?,67+,68-,69-,70-/m1/s1. The van der Waals surface area contributed by atoms with Crippen LogP contribution in [0.2, 0.25) is 0 Å². The molecule has 4 aromatic carbocycles. The van der Waals surface area contributed by atoms with E-state index in [1.165, 1.54) is 66.6 Å². The summed E-state index contributed by atoms with van der Waals surface area (Å²) >= 11 is 0. The van der Waals surface area contributed by atoms with Gasteiger partial charge in [-0.3, -0.25) is 29.1 Å². The Morgan fingerprint density at radius 2 is 1.02 bits per heavy atom. The Balaban J connectivity index is 0.818. The summed E-state index contributed by atoms with van der Waals surface area (Å²) in [4.78, 5) is 49.7. The monoisotopic (exact) mass is 1130 g/mol. The predicted molar refractivity (Wildman–Crippen MR) is 338 cm³/mol. The highest BCUT2D eigenvalue weighted by atomic mass is 16.5. The fraction of sp³-hybridized carbons (Fsp3) is 0.630. The Labute approximate surface area is 501 Å². The van der Waals surface area contributed by atoms with E-state index < -0.39 is 0 Å². The molecule has 2 aliphatic heterocycles. The van der Waals surface area contributed by atoms with E-state index in [0.717, 1.165) is 121 Å². The zero-order valence-electron chi connectivity index (χ0n) is 52.4. The second-order valence-corrected chi connectivity index (χ2v) is 27.9. The molecule has 3 amide bonds. The van der Waals surface area contributed by atoms with Gasteiger partial charge in [0.05, 0.1) is 13.2 Å². The minimum Gasteiger partial charge on any atom is -0.379 e. The minimum absolute atomic E-state index is 0.0164. The van der Waals surface area contributed by atoms with Gasteiger partial charge in [0.2, 0.25) is 17.7 Å². The molecule has 3 saturated carbocycles. The molecule has 5 fully saturated rings. The first-order valence-electron chi connectivity index (χ1n) is 33.0. The van der Waals surface area contributed by atoms with E-state index >= 15 is 0 Å².